The number of para-hydroxylation sites is 1. The van der Waals surface area contributed by atoms with E-state index in [0.29, 0.717) is 12.5 Å². The van der Waals surface area contributed by atoms with Gasteiger partial charge in [-0.1, -0.05) is 32.0 Å². The number of hydrogen-bond acceptors (Lipinski definition) is 3. The van der Waals surface area contributed by atoms with Gasteiger partial charge in [-0.05, 0) is 43.7 Å². The number of carbonyl (C=O) groups excluding carboxylic acids is 1. The Kier molecular flexibility index (Phi) is 8.36. The van der Waals surface area contributed by atoms with Crippen LogP contribution in [0.3, 0.4) is 0 Å². The van der Waals surface area contributed by atoms with E-state index in [-0.39, 0.29) is 12.6 Å². The molecule has 1 unspecified atom stereocenters. The number of urea groups is 1. The summed E-state index contributed by atoms with van der Waals surface area (Å²) in [7, 11) is 0. The molecule has 0 aliphatic rings. The molecule has 1 aromatic rings. The average molecular weight is 308 g/mol. The van der Waals surface area contributed by atoms with Crippen molar-refractivity contribution in [2.45, 2.75) is 52.2 Å². The molecule has 2 amide bonds. The van der Waals surface area contributed by atoms with Gasteiger partial charge >= 0.3 is 6.03 Å². The second-order valence-corrected chi connectivity index (χ2v) is 5.64. The molecule has 0 aliphatic heterocycles. The van der Waals surface area contributed by atoms with Crippen LogP contribution in [0.2, 0.25) is 0 Å². The average Bonchev–Trinajstić information content (AvgIpc) is 2.47. The molecule has 0 spiro atoms. The van der Waals surface area contributed by atoms with E-state index in [4.69, 9.17) is 9.84 Å². The van der Waals surface area contributed by atoms with Crippen LogP contribution in [-0.4, -0.2) is 30.5 Å². The van der Waals surface area contributed by atoms with Gasteiger partial charge in [0, 0.05) is 13.2 Å². The van der Waals surface area contributed by atoms with Gasteiger partial charge < -0.3 is 20.5 Å². The Morgan fingerprint density at radius 3 is 2.59 bits per heavy atom. The zero-order valence-corrected chi connectivity index (χ0v) is 13.8. The minimum Gasteiger partial charge on any atom is -0.471 e. The van der Waals surface area contributed by atoms with Crippen LogP contribution in [0.1, 0.15) is 51.5 Å². The van der Waals surface area contributed by atoms with Gasteiger partial charge in [-0.15, -0.1) is 0 Å². The van der Waals surface area contributed by atoms with Crippen molar-refractivity contribution >= 4 is 6.03 Å². The molecule has 3 N–H and O–H groups in total. The molecular weight excluding hydrogens is 280 g/mol. The fraction of sp³-hybridized carbons (Fsp3) is 0.588. The van der Waals surface area contributed by atoms with Crippen LogP contribution in [0, 0.1) is 0 Å². The lowest BCUT2D eigenvalue weighted by Crippen LogP contribution is -2.43. The Hall–Kier alpha value is -1.75. The molecule has 5 heteroatoms. The van der Waals surface area contributed by atoms with Gasteiger partial charge in [0.2, 0.25) is 0 Å². The summed E-state index contributed by atoms with van der Waals surface area (Å²) >= 11 is 0. The Labute approximate surface area is 133 Å². The van der Waals surface area contributed by atoms with E-state index in [2.05, 4.69) is 24.5 Å². The Balaban J connectivity index is 2.36. The van der Waals surface area contributed by atoms with Gasteiger partial charge in [0.05, 0.1) is 0 Å². The van der Waals surface area contributed by atoms with Crippen LogP contribution in [0.5, 0.6) is 5.75 Å². The first-order chi connectivity index (χ1) is 10.5. The molecule has 1 atom stereocenters. The third-order valence-electron chi connectivity index (χ3n) is 3.30. The van der Waals surface area contributed by atoms with Crippen LogP contribution in [0.4, 0.5) is 4.79 Å². The third kappa shape index (κ3) is 6.80. The highest BCUT2D eigenvalue weighted by Gasteiger charge is 2.12. The number of benzene rings is 1. The lowest BCUT2D eigenvalue weighted by Gasteiger charge is -2.20. The molecular formula is C17H28N2O3. The van der Waals surface area contributed by atoms with Gasteiger partial charge in [0.25, 0.3) is 0 Å². The quantitative estimate of drug-likeness (QED) is 0.485. The fourth-order valence-electron chi connectivity index (χ4n) is 2.14. The van der Waals surface area contributed by atoms with E-state index in [1.54, 1.807) is 0 Å². The van der Waals surface area contributed by atoms with Crippen molar-refractivity contribution in [3.05, 3.63) is 29.8 Å². The van der Waals surface area contributed by atoms with E-state index in [0.717, 1.165) is 30.6 Å². The number of hydrogen-bond donors (Lipinski definition) is 3. The number of rotatable bonds is 9. The van der Waals surface area contributed by atoms with Crippen molar-refractivity contribution in [2.75, 3.05) is 13.2 Å². The van der Waals surface area contributed by atoms with Crippen LogP contribution < -0.4 is 15.4 Å². The molecule has 0 bridgehead atoms. The number of unbranched alkanes of at least 4 members (excludes halogenated alkanes) is 2. The predicted molar refractivity (Wildman–Crippen MR) is 88.1 cm³/mol. The summed E-state index contributed by atoms with van der Waals surface area (Å²) in [4.78, 5) is 11.7. The molecule has 0 saturated carbocycles. The second kappa shape index (κ2) is 10.1. The summed E-state index contributed by atoms with van der Waals surface area (Å²) in [5.74, 6) is 1.16. The maximum absolute atomic E-state index is 11.7. The highest BCUT2D eigenvalue weighted by atomic mass is 16.5. The lowest BCUT2D eigenvalue weighted by molar-refractivity contribution is 0.175. The normalized spacial score (nSPS) is 12.0. The first-order valence-electron chi connectivity index (χ1n) is 7.95. The third-order valence-corrected chi connectivity index (χ3v) is 3.30. The second-order valence-electron chi connectivity index (χ2n) is 5.64. The molecule has 0 aliphatic carbocycles. The number of aliphatic hydroxyl groups excluding tert-OH is 1. The largest absolute Gasteiger partial charge is 0.471 e. The van der Waals surface area contributed by atoms with Crippen LogP contribution >= 0.6 is 0 Å². The minimum absolute atomic E-state index is 0.201. The van der Waals surface area contributed by atoms with Gasteiger partial charge in [-0.2, -0.15) is 0 Å². The zero-order valence-electron chi connectivity index (χ0n) is 13.8. The van der Waals surface area contributed by atoms with Crippen LogP contribution in [-0.2, 0) is 0 Å². The lowest BCUT2D eigenvalue weighted by atomic mass is 10.0. The summed E-state index contributed by atoms with van der Waals surface area (Å²) < 4.78 is 5.82. The van der Waals surface area contributed by atoms with Crippen LogP contribution in [0.25, 0.3) is 0 Å². The number of carbonyl (C=O) groups is 1. The number of nitrogens with one attached hydrogen (secondary N) is 2. The van der Waals surface area contributed by atoms with Crippen LogP contribution in [0.15, 0.2) is 24.3 Å². The summed E-state index contributed by atoms with van der Waals surface area (Å²) in [6.07, 6.45) is 2.14. The summed E-state index contributed by atoms with van der Waals surface area (Å²) in [6.45, 7) is 6.83. The molecule has 0 saturated heterocycles. The molecule has 22 heavy (non-hydrogen) atoms. The smallest absolute Gasteiger partial charge is 0.317 e. The maximum Gasteiger partial charge on any atom is 0.317 e. The number of ether oxygens (including phenoxy) is 1. The van der Waals surface area contributed by atoms with E-state index < -0.39 is 6.23 Å². The van der Waals surface area contributed by atoms with Crippen molar-refractivity contribution in [1.82, 2.24) is 10.6 Å². The molecule has 124 valence electrons. The first-order valence-corrected chi connectivity index (χ1v) is 7.95. The topological polar surface area (TPSA) is 70.6 Å². The number of amides is 2. The van der Waals surface area contributed by atoms with Crippen molar-refractivity contribution < 1.29 is 14.6 Å². The molecule has 5 nitrogen and oxygen atoms in total. The van der Waals surface area contributed by atoms with E-state index in [1.807, 2.05) is 31.2 Å². The van der Waals surface area contributed by atoms with Gasteiger partial charge in [0.15, 0.2) is 6.23 Å². The SMILES string of the molecule is CC(NC(=O)NCCCCCO)Oc1ccccc1C(C)C. The first kappa shape index (κ1) is 18.3. The van der Waals surface area contributed by atoms with Crippen molar-refractivity contribution in [3.8, 4) is 5.75 Å². The molecule has 0 radical (unpaired) electrons. The van der Waals surface area contributed by atoms with Gasteiger partial charge in [-0.3, -0.25) is 0 Å². The van der Waals surface area contributed by atoms with E-state index in [9.17, 15) is 4.79 Å². The zero-order chi connectivity index (χ0) is 16.4. The highest BCUT2D eigenvalue weighted by Crippen LogP contribution is 2.26. The Bertz CT molecular complexity index is 449. The van der Waals surface area contributed by atoms with Crippen molar-refractivity contribution in [2.24, 2.45) is 0 Å². The molecule has 1 aromatic carbocycles. The minimum atomic E-state index is -0.405. The fourth-order valence-corrected chi connectivity index (χ4v) is 2.14. The standard InChI is InChI=1S/C17H28N2O3/c1-13(2)15-9-5-6-10-16(15)22-14(3)19-17(21)18-11-7-4-8-12-20/h5-6,9-10,13-14,20H,4,7-8,11-12H2,1-3H3,(H2,18,19,21). The van der Waals surface area contributed by atoms with E-state index >= 15 is 0 Å². The van der Waals surface area contributed by atoms with Crippen molar-refractivity contribution in [1.29, 1.82) is 0 Å². The van der Waals surface area contributed by atoms with Gasteiger partial charge in [-0.25, -0.2) is 4.79 Å². The molecule has 0 aromatic heterocycles. The van der Waals surface area contributed by atoms with E-state index in [1.165, 1.54) is 0 Å². The maximum atomic E-state index is 11.7. The highest BCUT2D eigenvalue weighted by molar-refractivity contribution is 5.73. The molecule has 0 heterocycles. The monoisotopic (exact) mass is 308 g/mol. The molecule has 0 fully saturated rings. The molecule has 1 rings (SSSR count). The van der Waals surface area contributed by atoms with Gasteiger partial charge in [0.1, 0.15) is 5.75 Å². The number of aliphatic hydroxyl groups is 1. The summed E-state index contributed by atoms with van der Waals surface area (Å²) in [5.41, 5.74) is 1.13. The summed E-state index contributed by atoms with van der Waals surface area (Å²) in [5, 5.41) is 14.2. The Morgan fingerprint density at radius 1 is 1.18 bits per heavy atom. The van der Waals surface area contributed by atoms with Crippen molar-refractivity contribution in [3.63, 3.8) is 0 Å². The predicted octanol–water partition coefficient (Wildman–Crippen LogP) is 3.00. The summed E-state index contributed by atoms with van der Waals surface area (Å²) in [6, 6.07) is 7.63. The Morgan fingerprint density at radius 2 is 1.91 bits per heavy atom.